The summed E-state index contributed by atoms with van der Waals surface area (Å²) in [6.45, 7) is 2.30. The maximum atomic E-state index is 12.2. The summed E-state index contributed by atoms with van der Waals surface area (Å²) in [7, 11) is 1.62. The van der Waals surface area contributed by atoms with Gasteiger partial charge in [-0.05, 0) is 36.8 Å². The molecule has 0 aliphatic carbocycles. The highest BCUT2D eigenvalue weighted by atomic mass is 16.5. The first-order chi connectivity index (χ1) is 10.7. The first-order valence-electron chi connectivity index (χ1n) is 6.90. The number of amides is 1. The number of fused-ring (bicyclic) bond motifs is 1. The SMILES string of the molecule is COc1cccc(CNC(=O)c2ccn3c(C)nnc3c2)c1. The zero-order valence-corrected chi connectivity index (χ0v) is 12.4. The van der Waals surface area contributed by atoms with E-state index in [2.05, 4.69) is 15.5 Å². The maximum Gasteiger partial charge on any atom is 0.251 e. The summed E-state index contributed by atoms with van der Waals surface area (Å²) < 4.78 is 7.00. The van der Waals surface area contributed by atoms with Crippen LogP contribution in [0.2, 0.25) is 0 Å². The maximum absolute atomic E-state index is 12.2. The van der Waals surface area contributed by atoms with Crippen molar-refractivity contribution < 1.29 is 9.53 Å². The second-order valence-corrected chi connectivity index (χ2v) is 4.93. The molecule has 0 atom stereocenters. The van der Waals surface area contributed by atoms with Gasteiger partial charge in [-0.2, -0.15) is 0 Å². The molecule has 0 aliphatic heterocycles. The summed E-state index contributed by atoms with van der Waals surface area (Å²) in [6.07, 6.45) is 1.80. The number of nitrogens with one attached hydrogen (secondary N) is 1. The van der Waals surface area contributed by atoms with Gasteiger partial charge in [-0.3, -0.25) is 9.20 Å². The van der Waals surface area contributed by atoms with Gasteiger partial charge in [-0.25, -0.2) is 0 Å². The van der Waals surface area contributed by atoms with Crippen molar-refractivity contribution in [3.8, 4) is 5.75 Å². The van der Waals surface area contributed by atoms with E-state index in [-0.39, 0.29) is 5.91 Å². The number of carbonyl (C=O) groups is 1. The predicted molar refractivity (Wildman–Crippen MR) is 81.9 cm³/mol. The number of hydrogen-bond donors (Lipinski definition) is 1. The van der Waals surface area contributed by atoms with Gasteiger partial charge in [0.25, 0.3) is 5.91 Å². The van der Waals surface area contributed by atoms with Crippen LogP contribution in [0, 0.1) is 6.92 Å². The van der Waals surface area contributed by atoms with Gasteiger partial charge in [0.05, 0.1) is 7.11 Å². The van der Waals surface area contributed by atoms with E-state index in [0.717, 1.165) is 17.1 Å². The Bertz CT molecular complexity index is 826. The number of ether oxygens (including phenoxy) is 1. The van der Waals surface area contributed by atoms with Gasteiger partial charge < -0.3 is 10.1 Å². The molecule has 2 heterocycles. The van der Waals surface area contributed by atoms with Crippen LogP contribution in [0.4, 0.5) is 0 Å². The summed E-state index contributed by atoms with van der Waals surface area (Å²) >= 11 is 0. The lowest BCUT2D eigenvalue weighted by molar-refractivity contribution is 0.0951. The Labute approximate surface area is 127 Å². The van der Waals surface area contributed by atoms with Crippen LogP contribution in [0.5, 0.6) is 5.75 Å². The number of aryl methyl sites for hydroxylation is 1. The van der Waals surface area contributed by atoms with Crippen molar-refractivity contribution in [2.24, 2.45) is 0 Å². The molecule has 1 N–H and O–H groups in total. The molecule has 22 heavy (non-hydrogen) atoms. The minimum atomic E-state index is -0.147. The quantitative estimate of drug-likeness (QED) is 0.799. The van der Waals surface area contributed by atoms with Crippen molar-refractivity contribution in [2.75, 3.05) is 7.11 Å². The van der Waals surface area contributed by atoms with Crippen molar-refractivity contribution in [1.29, 1.82) is 0 Å². The van der Waals surface area contributed by atoms with E-state index in [0.29, 0.717) is 17.8 Å². The van der Waals surface area contributed by atoms with E-state index >= 15 is 0 Å². The molecule has 3 rings (SSSR count). The van der Waals surface area contributed by atoms with Crippen LogP contribution in [-0.4, -0.2) is 27.6 Å². The molecule has 6 heteroatoms. The number of nitrogens with zero attached hydrogens (tertiary/aromatic N) is 3. The molecule has 0 unspecified atom stereocenters. The molecule has 112 valence electrons. The highest BCUT2D eigenvalue weighted by Gasteiger charge is 2.08. The van der Waals surface area contributed by atoms with E-state index in [4.69, 9.17) is 4.74 Å². The van der Waals surface area contributed by atoms with Crippen molar-refractivity contribution in [3.63, 3.8) is 0 Å². The largest absolute Gasteiger partial charge is 0.497 e. The average Bonchev–Trinajstić information content (AvgIpc) is 2.93. The molecule has 0 radical (unpaired) electrons. The average molecular weight is 296 g/mol. The van der Waals surface area contributed by atoms with Crippen LogP contribution in [0.1, 0.15) is 21.7 Å². The minimum absolute atomic E-state index is 0.147. The second-order valence-electron chi connectivity index (χ2n) is 4.93. The molecule has 0 saturated heterocycles. The fourth-order valence-corrected chi connectivity index (χ4v) is 2.22. The van der Waals surface area contributed by atoms with Crippen LogP contribution in [0.3, 0.4) is 0 Å². The van der Waals surface area contributed by atoms with Crippen molar-refractivity contribution >= 4 is 11.6 Å². The lowest BCUT2D eigenvalue weighted by Gasteiger charge is -2.07. The smallest absolute Gasteiger partial charge is 0.251 e. The normalized spacial score (nSPS) is 10.6. The van der Waals surface area contributed by atoms with E-state index in [9.17, 15) is 4.79 Å². The first-order valence-corrected chi connectivity index (χ1v) is 6.90. The molecule has 0 fully saturated rings. The fraction of sp³-hybridized carbons (Fsp3) is 0.188. The molecule has 0 saturated carbocycles. The molecular formula is C16H16N4O2. The Morgan fingerprint density at radius 2 is 2.14 bits per heavy atom. The van der Waals surface area contributed by atoms with Gasteiger partial charge in [0.1, 0.15) is 11.6 Å². The lowest BCUT2D eigenvalue weighted by Crippen LogP contribution is -2.22. The molecule has 3 aromatic rings. The van der Waals surface area contributed by atoms with Gasteiger partial charge in [0.2, 0.25) is 0 Å². The molecular weight excluding hydrogens is 280 g/mol. The van der Waals surface area contributed by atoms with Crippen LogP contribution in [0.15, 0.2) is 42.6 Å². The lowest BCUT2D eigenvalue weighted by atomic mass is 10.2. The number of benzene rings is 1. The second kappa shape index (κ2) is 5.85. The number of hydrogen-bond acceptors (Lipinski definition) is 4. The van der Waals surface area contributed by atoms with Crippen molar-refractivity contribution in [1.82, 2.24) is 19.9 Å². The number of carbonyl (C=O) groups excluding carboxylic acids is 1. The van der Waals surface area contributed by atoms with Gasteiger partial charge in [0, 0.05) is 18.3 Å². The molecule has 0 spiro atoms. The number of rotatable bonds is 4. The highest BCUT2D eigenvalue weighted by molar-refractivity contribution is 5.94. The third-order valence-electron chi connectivity index (χ3n) is 3.43. The molecule has 6 nitrogen and oxygen atoms in total. The summed E-state index contributed by atoms with van der Waals surface area (Å²) in [5, 5.41) is 10.9. The molecule has 2 aromatic heterocycles. The zero-order chi connectivity index (χ0) is 15.5. The van der Waals surface area contributed by atoms with Crippen LogP contribution in [0.25, 0.3) is 5.65 Å². The summed E-state index contributed by atoms with van der Waals surface area (Å²) in [6, 6.07) is 11.1. The van der Waals surface area contributed by atoms with Crippen LogP contribution in [-0.2, 0) is 6.54 Å². The predicted octanol–water partition coefficient (Wildman–Crippen LogP) is 1.98. The van der Waals surface area contributed by atoms with Gasteiger partial charge in [-0.15, -0.1) is 10.2 Å². The Morgan fingerprint density at radius 3 is 2.95 bits per heavy atom. The third kappa shape index (κ3) is 2.76. The third-order valence-corrected chi connectivity index (χ3v) is 3.43. The molecule has 1 aromatic carbocycles. The van der Waals surface area contributed by atoms with Gasteiger partial charge in [0.15, 0.2) is 5.65 Å². The van der Waals surface area contributed by atoms with E-state index < -0.39 is 0 Å². The van der Waals surface area contributed by atoms with E-state index in [1.165, 1.54) is 0 Å². The Hall–Kier alpha value is -2.89. The van der Waals surface area contributed by atoms with Crippen molar-refractivity contribution in [3.05, 3.63) is 59.5 Å². The first kappa shape index (κ1) is 14.1. The highest BCUT2D eigenvalue weighted by Crippen LogP contribution is 2.12. The zero-order valence-electron chi connectivity index (χ0n) is 12.4. The topological polar surface area (TPSA) is 68.5 Å². The number of aromatic nitrogens is 3. The Kier molecular flexibility index (Phi) is 3.74. The number of methoxy groups -OCH3 is 1. The molecule has 0 aliphatic rings. The minimum Gasteiger partial charge on any atom is -0.497 e. The summed E-state index contributed by atoms with van der Waals surface area (Å²) in [5.41, 5.74) is 2.20. The summed E-state index contributed by atoms with van der Waals surface area (Å²) in [4.78, 5) is 12.2. The van der Waals surface area contributed by atoms with Gasteiger partial charge >= 0.3 is 0 Å². The van der Waals surface area contributed by atoms with E-state index in [1.807, 2.05) is 35.6 Å². The van der Waals surface area contributed by atoms with Gasteiger partial charge in [-0.1, -0.05) is 12.1 Å². The van der Waals surface area contributed by atoms with E-state index in [1.54, 1.807) is 25.4 Å². The Morgan fingerprint density at radius 1 is 1.27 bits per heavy atom. The Balaban J connectivity index is 1.72. The monoisotopic (exact) mass is 296 g/mol. The summed E-state index contributed by atoms with van der Waals surface area (Å²) in [5.74, 6) is 1.41. The standard InChI is InChI=1S/C16H16N4O2/c1-11-18-19-15-9-13(6-7-20(11)15)16(21)17-10-12-4-3-5-14(8-12)22-2/h3-9H,10H2,1-2H3,(H,17,21). The molecule has 1 amide bonds. The molecule has 0 bridgehead atoms. The van der Waals surface area contributed by atoms with Crippen molar-refractivity contribution in [2.45, 2.75) is 13.5 Å². The number of pyridine rings is 1. The van der Waals surface area contributed by atoms with Crippen LogP contribution < -0.4 is 10.1 Å². The fourth-order valence-electron chi connectivity index (χ4n) is 2.22. The van der Waals surface area contributed by atoms with Crippen LogP contribution >= 0.6 is 0 Å².